The maximum absolute atomic E-state index is 3.60. The fourth-order valence-electron chi connectivity index (χ4n) is 0.373. The van der Waals surface area contributed by atoms with Crippen molar-refractivity contribution in [2.24, 2.45) is 0 Å². The van der Waals surface area contributed by atoms with Crippen molar-refractivity contribution in [1.82, 2.24) is 3.82 Å². The molecule has 0 aromatic heterocycles. The van der Waals surface area contributed by atoms with Crippen molar-refractivity contribution in [3.05, 3.63) is 25.3 Å². The van der Waals surface area contributed by atoms with E-state index in [0.29, 0.717) is 0 Å². The summed E-state index contributed by atoms with van der Waals surface area (Å²) in [6.45, 7) is 9.01. The van der Waals surface area contributed by atoms with E-state index < -0.39 is 0 Å². The molecule has 0 aliphatic rings. The molecule has 0 saturated carbocycles. The molecule has 2 radical (unpaired) electrons. The van der Waals surface area contributed by atoms with Gasteiger partial charge in [-0.05, 0) is 0 Å². The SMILES string of the molecule is C=CCN([As])CC=C. The van der Waals surface area contributed by atoms with E-state index in [1.807, 2.05) is 12.2 Å². The van der Waals surface area contributed by atoms with E-state index in [-0.39, 0.29) is 0 Å². The second kappa shape index (κ2) is 5.14. The minimum atomic E-state index is 0.909. The molecule has 0 N–H and O–H groups in total. The average Bonchev–Trinajstić information content (AvgIpc) is 1.68. The van der Waals surface area contributed by atoms with Gasteiger partial charge in [-0.2, -0.15) is 0 Å². The van der Waals surface area contributed by atoms with Gasteiger partial charge in [0, 0.05) is 0 Å². The van der Waals surface area contributed by atoms with Crippen LogP contribution < -0.4 is 0 Å². The summed E-state index contributed by atoms with van der Waals surface area (Å²) in [5.74, 6) is 0. The number of rotatable bonds is 4. The van der Waals surface area contributed by atoms with E-state index in [0.717, 1.165) is 13.1 Å². The van der Waals surface area contributed by atoms with E-state index in [1.165, 1.54) is 0 Å². The van der Waals surface area contributed by atoms with E-state index in [2.05, 4.69) is 34.1 Å². The molecule has 0 saturated heterocycles. The van der Waals surface area contributed by atoms with Crippen LogP contribution in [0.3, 0.4) is 0 Å². The van der Waals surface area contributed by atoms with Gasteiger partial charge in [0.2, 0.25) is 0 Å². The Bertz CT molecular complexity index is 70.6. The van der Waals surface area contributed by atoms with E-state index in [1.54, 1.807) is 0 Å². The predicted molar refractivity (Wildman–Crippen MR) is 37.7 cm³/mol. The van der Waals surface area contributed by atoms with Gasteiger partial charge in [0.25, 0.3) is 0 Å². The molecular weight excluding hydrogens is 161 g/mol. The molecule has 0 bridgehead atoms. The molecule has 0 fully saturated rings. The van der Waals surface area contributed by atoms with E-state index >= 15 is 0 Å². The molecule has 0 spiro atoms. The Labute approximate surface area is 59.8 Å². The van der Waals surface area contributed by atoms with Gasteiger partial charge in [-0.3, -0.25) is 0 Å². The van der Waals surface area contributed by atoms with E-state index in [4.69, 9.17) is 0 Å². The van der Waals surface area contributed by atoms with Crippen molar-refractivity contribution in [3.63, 3.8) is 0 Å². The summed E-state index contributed by atoms with van der Waals surface area (Å²) < 4.78 is 2.06. The molecule has 8 heavy (non-hydrogen) atoms. The van der Waals surface area contributed by atoms with Crippen molar-refractivity contribution in [3.8, 4) is 0 Å². The number of hydrogen-bond acceptors (Lipinski definition) is 1. The zero-order valence-corrected chi connectivity index (χ0v) is 6.75. The van der Waals surface area contributed by atoms with Crippen molar-refractivity contribution in [2.45, 2.75) is 0 Å². The first-order chi connectivity index (χ1) is 3.81. The second-order valence-electron chi connectivity index (χ2n) is 1.45. The fourth-order valence-corrected chi connectivity index (χ4v) is 0.857. The summed E-state index contributed by atoms with van der Waals surface area (Å²) in [7, 11) is 0. The molecule has 0 aliphatic heterocycles. The Balaban J connectivity index is 3.16. The molecular formula is C6H10AsN. The zero-order chi connectivity index (χ0) is 6.41. The minimum absolute atomic E-state index is 0.909. The first-order valence-electron chi connectivity index (χ1n) is 2.47. The Morgan fingerprint density at radius 3 is 1.88 bits per heavy atom. The van der Waals surface area contributed by atoms with Gasteiger partial charge in [-0.25, -0.2) is 0 Å². The van der Waals surface area contributed by atoms with Crippen LogP contribution in [0.25, 0.3) is 0 Å². The van der Waals surface area contributed by atoms with Crippen LogP contribution >= 0.6 is 0 Å². The molecule has 0 amide bonds. The fraction of sp³-hybridized carbons (Fsp3) is 0.333. The van der Waals surface area contributed by atoms with Crippen LogP contribution in [0, 0.1) is 0 Å². The third-order valence-electron chi connectivity index (χ3n) is 0.680. The Morgan fingerprint density at radius 2 is 1.62 bits per heavy atom. The monoisotopic (exact) mass is 171 g/mol. The van der Waals surface area contributed by atoms with Crippen LogP contribution in [0.2, 0.25) is 0 Å². The van der Waals surface area contributed by atoms with Crippen molar-refractivity contribution >= 4 is 17.1 Å². The topological polar surface area (TPSA) is 3.24 Å². The first kappa shape index (κ1) is 8.00. The second-order valence-corrected chi connectivity index (χ2v) is 2.64. The average molecular weight is 171 g/mol. The van der Waals surface area contributed by atoms with Gasteiger partial charge in [-0.1, -0.05) is 0 Å². The molecule has 2 heteroatoms. The molecule has 1 nitrogen and oxygen atoms in total. The third kappa shape index (κ3) is 4.17. The normalized spacial score (nSPS) is 9.25. The summed E-state index contributed by atoms with van der Waals surface area (Å²) >= 11 is 2.45. The number of nitrogens with zero attached hydrogens (tertiary/aromatic N) is 1. The Kier molecular flexibility index (Phi) is 5.14. The molecule has 0 aromatic rings. The zero-order valence-electron chi connectivity index (χ0n) is 4.88. The van der Waals surface area contributed by atoms with Crippen LogP contribution in [-0.4, -0.2) is 34.0 Å². The number of hydrogen-bond donors (Lipinski definition) is 0. The summed E-state index contributed by atoms with van der Waals surface area (Å²) in [6, 6.07) is 0. The first-order valence-corrected chi connectivity index (χ1v) is 3.30. The summed E-state index contributed by atoms with van der Waals surface area (Å²) in [5.41, 5.74) is 0. The van der Waals surface area contributed by atoms with Crippen molar-refractivity contribution in [1.29, 1.82) is 0 Å². The molecule has 0 aliphatic carbocycles. The van der Waals surface area contributed by atoms with Crippen LogP contribution in [0.4, 0.5) is 0 Å². The summed E-state index contributed by atoms with van der Waals surface area (Å²) in [4.78, 5) is 0. The van der Waals surface area contributed by atoms with Crippen LogP contribution in [-0.2, 0) is 0 Å². The van der Waals surface area contributed by atoms with Crippen molar-refractivity contribution in [2.75, 3.05) is 13.1 Å². The summed E-state index contributed by atoms with van der Waals surface area (Å²) in [6.07, 6.45) is 3.73. The van der Waals surface area contributed by atoms with Gasteiger partial charge in [0.1, 0.15) is 0 Å². The maximum atomic E-state index is 3.60. The van der Waals surface area contributed by atoms with E-state index in [9.17, 15) is 0 Å². The van der Waals surface area contributed by atoms with Crippen LogP contribution in [0.1, 0.15) is 0 Å². The molecule has 0 heterocycles. The van der Waals surface area contributed by atoms with Gasteiger partial charge >= 0.3 is 59.3 Å². The quantitative estimate of drug-likeness (QED) is 0.445. The molecule has 0 rings (SSSR count). The van der Waals surface area contributed by atoms with Crippen molar-refractivity contribution < 1.29 is 0 Å². The molecule has 0 unspecified atom stereocenters. The van der Waals surface area contributed by atoms with Gasteiger partial charge < -0.3 is 0 Å². The van der Waals surface area contributed by atoms with Crippen LogP contribution in [0.5, 0.6) is 0 Å². The standard InChI is InChI=1S/C6H10AsN/c1-3-5-8(7)6-4-2/h3-4H,1-2,5-6H2. The predicted octanol–water partition coefficient (Wildman–Crippen LogP) is 0.744. The van der Waals surface area contributed by atoms with Gasteiger partial charge in [-0.15, -0.1) is 0 Å². The molecule has 0 atom stereocenters. The van der Waals surface area contributed by atoms with Gasteiger partial charge in [0.05, 0.1) is 0 Å². The Hall–Kier alpha value is -0.00156. The van der Waals surface area contributed by atoms with Crippen LogP contribution in [0.15, 0.2) is 25.3 Å². The summed E-state index contributed by atoms with van der Waals surface area (Å²) in [5, 5.41) is 0. The van der Waals surface area contributed by atoms with Gasteiger partial charge in [0.15, 0.2) is 0 Å². The Morgan fingerprint density at radius 1 is 1.25 bits per heavy atom. The molecule has 0 aromatic carbocycles. The third-order valence-corrected chi connectivity index (χ3v) is 1.36. The molecule has 44 valence electrons.